The summed E-state index contributed by atoms with van der Waals surface area (Å²) in [6.45, 7) is 10.4. The predicted molar refractivity (Wildman–Crippen MR) is 85.5 cm³/mol. The van der Waals surface area contributed by atoms with Crippen LogP contribution in [0.2, 0.25) is 0 Å². The number of nitrogens with one attached hydrogen (secondary N) is 1. The molecule has 0 saturated heterocycles. The molecule has 108 valence electrons. The average Bonchev–Trinajstić information content (AvgIpc) is 2.33. The van der Waals surface area contributed by atoms with Crippen LogP contribution in [0.15, 0.2) is 28.7 Å². The predicted octanol–water partition coefficient (Wildman–Crippen LogP) is 4.70. The lowest BCUT2D eigenvalue weighted by Crippen LogP contribution is -2.39. The lowest BCUT2D eigenvalue weighted by Gasteiger charge is -2.26. The van der Waals surface area contributed by atoms with Crippen LogP contribution in [0.5, 0.6) is 0 Å². The van der Waals surface area contributed by atoms with Crippen molar-refractivity contribution < 1.29 is 4.74 Å². The summed E-state index contributed by atoms with van der Waals surface area (Å²) in [5, 5.41) is 3.53. The third-order valence-corrected chi connectivity index (χ3v) is 3.61. The lowest BCUT2D eigenvalue weighted by atomic mass is 10.1. The van der Waals surface area contributed by atoms with E-state index in [9.17, 15) is 0 Å². The molecule has 0 fully saturated rings. The number of benzene rings is 1. The zero-order valence-electron chi connectivity index (χ0n) is 12.5. The van der Waals surface area contributed by atoms with E-state index >= 15 is 0 Å². The quantitative estimate of drug-likeness (QED) is 0.733. The van der Waals surface area contributed by atoms with E-state index in [0.29, 0.717) is 0 Å². The molecule has 3 heteroatoms. The smallest absolute Gasteiger partial charge is 0.0960 e. The van der Waals surface area contributed by atoms with Crippen LogP contribution in [0.1, 0.15) is 52.2 Å². The number of rotatable bonds is 7. The summed E-state index contributed by atoms with van der Waals surface area (Å²) < 4.78 is 7.17. The number of hydrogen-bond acceptors (Lipinski definition) is 2. The van der Waals surface area contributed by atoms with Crippen molar-refractivity contribution in [2.24, 2.45) is 0 Å². The third kappa shape index (κ3) is 6.55. The standard InChI is InChI=1S/C16H26BrNO/c1-5-6-11-19-15(12-18-16(2,3)4)13-9-7-8-10-14(13)17/h7-10,15,18H,5-6,11-12H2,1-4H3. The van der Waals surface area contributed by atoms with Crippen LogP contribution in [0.25, 0.3) is 0 Å². The molecule has 0 radical (unpaired) electrons. The molecule has 0 saturated carbocycles. The first kappa shape index (κ1) is 16.7. The SMILES string of the molecule is CCCCOC(CNC(C)(C)C)c1ccccc1Br. The molecule has 1 aromatic carbocycles. The first-order valence-corrected chi connectivity index (χ1v) is 7.84. The van der Waals surface area contributed by atoms with Gasteiger partial charge in [0.2, 0.25) is 0 Å². The highest BCUT2D eigenvalue weighted by atomic mass is 79.9. The van der Waals surface area contributed by atoms with Gasteiger partial charge in [-0.3, -0.25) is 0 Å². The Bertz CT molecular complexity index is 373. The molecule has 0 spiro atoms. The minimum Gasteiger partial charge on any atom is -0.372 e. The first-order valence-electron chi connectivity index (χ1n) is 7.05. The van der Waals surface area contributed by atoms with Crippen molar-refractivity contribution in [2.45, 2.75) is 52.2 Å². The molecule has 1 atom stereocenters. The fourth-order valence-corrected chi connectivity index (χ4v) is 2.30. The van der Waals surface area contributed by atoms with Crippen molar-refractivity contribution in [3.05, 3.63) is 34.3 Å². The highest BCUT2D eigenvalue weighted by molar-refractivity contribution is 9.10. The molecule has 0 aliphatic carbocycles. The van der Waals surface area contributed by atoms with Gasteiger partial charge in [-0.05, 0) is 38.8 Å². The van der Waals surface area contributed by atoms with Crippen molar-refractivity contribution in [1.82, 2.24) is 5.32 Å². The van der Waals surface area contributed by atoms with Crippen LogP contribution in [-0.2, 0) is 4.74 Å². The van der Waals surface area contributed by atoms with Crippen molar-refractivity contribution >= 4 is 15.9 Å². The highest BCUT2D eigenvalue weighted by Crippen LogP contribution is 2.26. The molecule has 0 aliphatic heterocycles. The molecule has 0 aromatic heterocycles. The molecule has 0 heterocycles. The van der Waals surface area contributed by atoms with Crippen LogP contribution in [0.3, 0.4) is 0 Å². The monoisotopic (exact) mass is 327 g/mol. The van der Waals surface area contributed by atoms with Gasteiger partial charge in [0.15, 0.2) is 0 Å². The maximum absolute atomic E-state index is 6.05. The molecule has 19 heavy (non-hydrogen) atoms. The van der Waals surface area contributed by atoms with Crippen LogP contribution >= 0.6 is 15.9 Å². The van der Waals surface area contributed by atoms with Gasteiger partial charge in [-0.15, -0.1) is 0 Å². The summed E-state index contributed by atoms with van der Waals surface area (Å²) >= 11 is 3.62. The van der Waals surface area contributed by atoms with E-state index in [-0.39, 0.29) is 11.6 Å². The summed E-state index contributed by atoms with van der Waals surface area (Å²) in [5.41, 5.74) is 1.32. The van der Waals surface area contributed by atoms with Crippen LogP contribution in [0, 0.1) is 0 Å². The Morgan fingerprint density at radius 1 is 1.26 bits per heavy atom. The van der Waals surface area contributed by atoms with Gasteiger partial charge in [-0.1, -0.05) is 47.5 Å². The van der Waals surface area contributed by atoms with Gasteiger partial charge in [0.05, 0.1) is 6.10 Å². The molecular formula is C16H26BrNO. The molecule has 1 aromatic rings. The second-order valence-corrected chi connectivity index (χ2v) is 6.72. The Kier molecular flexibility index (Phi) is 7.05. The number of halogens is 1. The van der Waals surface area contributed by atoms with Gasteiger partial charge < -0.3 is 10.1 Å². The maximum Gasteiger partial charge on any atom is 0.0960 e. The average molecular weight is 328 g/mol. The Labute approximate surface area is 126 Å². The van der Waals surface area contributed by atoms with Gasteiger partial charge in [0.1, 0.15) is 0 Å². The summed E-state index contributed by atoms with van der Waals surface area (Å²) in [6.07, 6.45) is 2.37. The minimum absolute atomic E-state index is 0.0985. The van der Waals surface area contributed by atoms with Crippen molar-refractivity contribution in [3.63, 3.8) is 0 Å². The highest BCUT2D eigenvalue weighted by Gasteiger charge is 2.18. The Balaban J connectivity index is 2.71. The van der Waals surface area contributed by atoms with Gasteiger partial charge in [-0.2, -0.15) is 0 Å². The van der Waals surface area contributed by atoms with E-state index < -0.39 is 0 Å². The molecule has 1 rings (SSSR count). The van der Waals surface area contributed by atoms with Crippen molar-refractivity contribution in [2.75, 3.05) is 13.2 Å². The fourth-order valence-electron chi connectivity index (χ4n) is 1.76. The summed E-state index contributed by atoms with van der Waals surface area (Å²) in [7, 11) is 0. The fraction of sp³-hybridized carbons (Fsp3) is 0.625. The number of hydrogen-bond donors (Lipinski definition) is 1. The second kappa shape index (κ2) is 8.03. The first-order chi connectivity index (χ1) is 8.94. The lowest BCUT2D eigenvalue weighted by molar-refractivity contribution is 0.0460. The van der Waals surface area contributed by atoms with Crippen LogP contribution < -0.4 is 5.32 Å². The molecular weight excluding hydrogens is 302 g/mol. The van der Waals surface area contributed by atoms with Crippen LogP contribution in [-0.4, -0.2) is 18.7 Å². The topological polar surface area (TPSA) is 21.3 Å². The number of ether oxygens (including phenoxy) is 1. The van der Waals surface area contributed by atoms with Gasteiger partial charge >= 0.3 is 0 Å². The van der Waals surface area contributed by atoms with E-state index in [0.717, 1.165) is 30.5 Å². The summed E-state index contributed by atoms with van der Waals surface area (Å²) in [5.74, 6) is 0. The van der Waals surface area contributed by atoms with Gasteiger partial charge in [0.25, 0.3) is 0 Å². The Morgan fingerprint density at radius 2 is 1.95 bits per heavy atom. The minimum atomic E-state index is 0.0985. The normalized spacial score (nSPS) is 13.5. The maximum atomic E-state index is 6.05. The Hall–Kier alpha value is -0.380. The third-order valence-electron chi connectivity index (χ3n) is 2.89. The molecule has 1 N–H and O–H groups in total. The van der Waals surface area contributed by atoms with E-state index in [1.165, 1.54) is 5.56 Å². The molecule has 0 bridgehead atoms. The zero-order chi connectivity index (χ0) is 14.3. The summed E-state index contributed by atoms with van der Waals surface area (Å²) in [4.78, 5) is 0. The van der Waals surface area contributed by atoms with Gasteiger partial charge in [-0.25, -0.2) is 0 Å². The van der Waals surface area contributed by atoms with E-state index in [2.05, 4.69) is 67.1 Å². The zero-order valence-corrected chi connectivity index (χ0v) is 14.1. The second-order valence-electron chi connectivity index (χ2n) is 5.87. The number of unbranched alkanes of at least 4 members (excludes halogenated alkanes) is 1. The van der Waals surface area contributed by atoms with E-state index in [1.807, 2.05) is 6.07 Å². The molecule has 2 nitrogen and oxygen atoms in total. The Morgan fingerprint density at radius 3 is 2.53 bits per heavy atom. The van der Waals surface area contributed by atoms with Crippen LogP contribution in [0.4, 0.5) is 0 Å². The molecule has 1 unspecified atom stereocenters. The largest absolute Gasteiger partial charge is 0.372 e. The van der Waals surface area contributed by atoms with E-state index in [1.54, 1.807) is 0 Å². The van der Waals surface area contributed by atoms with Crippen molar-refractivity contribution in [1.29, 1.82) is 0 Å². The molecule has 0 amide bonds. The van der Waals surface area contributed by atoms with E-state index in [4.69, 9.17) is 4.74 Å². The van der Waals surface area contributed by atoms with Gasteiger partial charge in [0, 0.05) is 23.2 Å². The van der Waals surface area contributed by atoms with Crippen molar-refractivity contribution in [3.8, 4) is 0 Å². The molecule has 0 aliphatic rings. The summed E-state index contributed by atoms with van der Waals surface area (Å²) in [6, 6.07) is 8.30.